The highest BCUT2D eigenvalue weighted by atomic mass is 32.2. The van der Waals surface area contributed by atoms with E-state index in [4.69, 9.17) is 9.90 Å². The molecule has 9 heteroatoms. The summed E-state index contributed by atoms with van der Waals surface area (Å²) in [5.41, 5.74) is 3.94. The van der Waals surface area contributed by atoms with Gasteiger partial charge in [-0.15, -0.1) is 11.3 Å². The molecule has 0 saturated heterocycles. The van der Waals surface area contributed by atoms with Gasteiger partial charge in [-0.25, -0.2) is 0 Å². The van der Waals surface area contributed by atoms with Crippen molar-refractivity contribution in [2.24, 2.45) is 0 Å². The number of hydrogen-bond acceptors (Lipinski definition) is 7. The fourth-order valence-electron chi connectivity index (χ4n) is 4.56. The van der Waals surface area contributed by atoms with Crippen LogP contribution in [0.2, 0.25) is 0 Å². The van der Waals surface area contributed by atoms with Crippen LogP contribution in [0, 0.1) is 0 Å². The minimum Gasteiger partial charge on any atom is -0.550 e. The monoisotopic (exact) mass is 523 g/mol. The number of aromatic nitrogens is 2. The fourth-order valence-corrected chi connectivity index (χ4v) is 8.47. The van der Waals surface area contributed by atoms with Crippen molar-refractivity contribution in [3.05, 3.63) is 73.1 Å². The van der Waals surface area contributed by atoms with E-state index in [9.17, 15) is 4.79 Å². The molecule has 0 aliphatic carbocycles. The number of rotatable bonds is 1. The van der Waals surface area contributed by atoms with E-state index in [0.29, 0.717) is 6.54 Å². The zero-order chi connectivity index (χ0) is 24.7. The Kier molecular flexibility index (Phi) is 6.57. The highest BCUT2D eigenvalue weighted by Crippen LogP contribution is 2.45. The summed E-state index contributed by atoms with van der Waals surface area (Å²) in [5, 5.41) is 11.2. The lowest BCUT2D eigenvalue weighted by molar-refractivity contribution is -0.672. The Balaban J connectivity index is 0.000000591. The van der Waals surface area contributed by atoms with Gasteiger partial charge in [-0.2, -0.15) is 4.57 Å². The van der Waals surface area contributed by atoms with Crippen LogP contribution < -0.4 is 29.3 Å². The van der Waals surface area contributed by atoms with Gasteiger partial charge in [-0.1, -0.05) is 47.4 Å². The predicted molar refractivity (Wildman–Crippen MR) is 142 cm³/mol. The molecule has 0 radical (unpaired) electrons. The summed E-state index contributed by atoms with van der Waals surface area (Å²) < 4.78 is 7.73. The van der Waals surface area contributed by atoms with E-state index in [1.807, 2.05) is 15.9 Å². The standard InChI is InChI=1S/C24H22N3OS3.C2H4O2/c1-3-26-21(28)20(24-25(2)16-10-4-6-12-18(16)30-24)31-22(26)15-9-8-14-27-17-11-5-7-13-19(17)29-23(15)27;1-2(3)4/h4-7,10-13H,3,8-9,14H2,1-2H3;1H3,(H,3,4)/q+1;/p-1/b24-20+;. The van der Waals surface area contributed by atoms with Crippen LogP contribution in [0.1, 0.15) is 31.7 Å². The molecule has 0 atom stereocenters. The molecule has 4 aromatic rings. The molecular formula is C26H25N3O3S3. The van der Waals surface area contributed by atoms with Gasteiger partial charge in [0.2, 0.25) is 5.52 Å². The minimum atomic E-state index is -1.08. The molecule has 0 amide bonds. The molecular weight excluding hydrogens is 499 g/mol. The number of aryl methyl sites for hydroxylation is 1. The van der Waals surface area contributed by atoms with E-state index < -0.39 is 5.97 Å². The number of benzene rings is 2. The van der Waals surface area contributed by atoms with Crippen LogP contribution >= 0.6 is 34.4 Å². The van der Waals surface area contributed by atoms with Gasteiger partial charge in [0, 0.05) is 36.9 Å². The maximum absolute atomic E-state index is 13.5. The average molecular weight is 524 g/mol. The molecule has 0 N–H and O–H groups in total. The van der Waals surface area contributed by atoms with Crippen molar-refractivity contribution in [3.8, 4) is 0 Å². The van der Waals surface area contributed by atoms with Crippen molar-refractivity contribution in [2.45, 2.75) is 44.7 Å². The Morgan fingerprint density at radius 3 is 2.57 bits per heavy atom. The highest BCUT2D eigenvalue weighted by Gasteiger charge is 2.30. The number of para-hydroxylation sites is 2. The number of carboxylic acids is 1. The lowest BCUT2D eigenvalue weighted by Gasteiger charge is -2.11. The first kappa shape index (κ1) is 23.8. The van der Waals surface area contributed by atoms with E-state index in [-0.39, 0.29) is 5.56 Å². The minimum absolute atomic E-state index is 0.135. The van der Waals surface area contributed by atoms with Crippen molar-refractivity contribution in [1.29, 1.82) is 0 Å². The van der Waals surface area contributed by atoms with Gasteiger partial charge in [0.15, 0.2) is 6.54 Å². The normalized spacial score (nSPS) is 17.6. The number of fused-ring (bicyclic) bond motifs is 4. The van der Waals surface area contributed by atoms with Gasteiger partial charge in [0.25, 0.3) is 10.6 Å². The number of carboxylic acid groups (broad SMARTS) is 1. The molecule has 180 valence electrons. The first-order valence-corrected chi connectivity index (χ1v) is 13.9. The van der Waals surface area contributed by atoms with Crippen molar-refractivity contribution < 1.29 is 14.5 Å². The number of thiazole rings is 2. The second-order valence-corrected chi connectivity index (χ2v) is 11.4. The van der Waals surface area contributed by atoms with Crippen molar-refractivity contribution >= 4 is 66.9 Å². The van der Waals surface area contributed by atoms with Crippen LogP contribution in [-0.4, -0.2) is 17.6 Å². The first-order chi connectivity index (χ1) is 16.9. The highest BCUT2D eigenvalue weighted by molar-refractivity contribution is 8.08. The molecule has 6 rings (SSSR count). The van der Waals surface area contributed by atoms with Crippen LogP contribution in [0.4, 0.5) is 5.69 Å². The summed E-state index contributed by atoms with van der Waals surface area (Å²) in [6, 6.07) is 17.0. The molecule has 35 heavy (non-hydrogen) atoms. The number of anilines is 1. The number of carbonyl (C=O) groups excluding carboxylic acids is 1. The molecule has 0 unspecified atom stereocenters. The number of carbonyl (C=O) groups is 1. The summed E-state index contributed by atoms with van der Waals surface area (Å²) in [5.74, 6) is -1.08. The van der Waals surface area contributed by atoms with E-state index in [2.05, 4.69) is 72.0 Å². The molecule has 2 aliphatic heterocycles. The van der Waals surface area contributed by atoms with Gasteiger partial charge in [-0.3, -0.25) is 9.36 Å². The van der Waals surface area contributed by atoms with Crippen LogP contribution in [0.5, 0.6) is 0 Å². The third-order valence-electron chi connectivity index (χ3n) is 6.06. The number of nitrogens with zero attached hydrogens (tertiary/aromatic N) is 3. The first-order valence-electron chi connectivity index (χ1n) is 11.5. The Morgan fingerprint density at radius 1 is 1.11 bits per heavy atom. The molecule has 0 spiro atoms. The van der Waals surface area contributed by atoms with Crippen LogP contribution in [0.3, 0.4) is 0 Å². The van der Waals surface area contributed by atoms with Gasteiger partial charge < -0.3 is 14.8 Å². The number of hydrogen-bond donors (Lipinski definition) is 0. The fraction of sp³-hybridized carbons (Fsp3) is 0.269. The largest absolute Gasteiger partial charge is 0.550 e. The van der Waals surface area contributed by atoms with E-state index in [1.165, 1.54) is 31.4 Å². The zero-order valence-corrected chi connectivity index (χ0v) is 22.2. The smallest absolute Gasteiger partial charge is 0.271 e. The van der Waals surface area contributed by atoms with Gasteiger partial charge in [0.1, 0.15) is 18.9 Å². The number of thioether (sulfide) groups is 1. The summed E-state index contributed by atoms with van der Waals surface area (Å²) in [4.78, 5) is 25.8. The van der Waals surface area contributed by atoms with Gasteiger partial charge >= 0.3 is 0 Å². The summed E-state index contributed by atoms with van der Waals surface area (Å²) in [6.45, 7) is 4.78. The summed E-state index contributed by atoms with van der Waals surface area (Å²) in [7, 11) is 2.07. The SMILES string of the molecule is CC(=O)[O-].CCn1c(=O)/c(=C2\Sc3ccccc3N2C)s/c1=C1\CCC[n+]2c1sc1ccccc12. The number of aliphatic carboxylic acids is 1. The summed E-state index contributed by atoms with van der Waals surface area (Å²) >= 11 is 5.23. The lowest BCUT2D eigenvalue weighted by Crippen LogP contribution is -2.41. The Morgan fingerprint density at radius 2 is 1.83 bits per heavy atom. The molecule has 2 aromatic carbocycles. The van der Waals surface area contributed by atoms with Crippen LogP contribution in [-0.2, 0) is 17.9 Å². The van der Waals surface area contributed by atoms with Crippen molar-refractivity contribution in [3.63, 3.8) is 0 Å². The van der Waals surface area contributed by atoms with Crippen molar-refractivity contribution in [1.82, 2.24) is 4.57 Å². The van der Waals surface area contributed by atoms with Crippen LogP contribution in [0.25, 0.3) is 20.8 Å². The van der Waals surface area contributed by atoms with E-state index >= 15 is 0 Å². The molecule has 2 aromatic heterocycles. The van der Waals surface area contributed by atoms with E-state index in [1.54, 1.807) is 23.1 Å². The topological polar surface area (TPSA) is 69.2 Å². The molecule has 0 saturated carbocycles. The van der Waals surface area contributed by atoms with Gasteiger partial charge in [-0.05, 0) is 38.5 Å². The second-order valence-electron chi connectivity index (χ2n) is 8.32. The average Bonchev–Trinajstić information content (AvgIpc) is 3.49. The second kappa shape index (κ2) is 9.64. The Hall–Kier alpha value is -2.88. The Labute approximate surface area is 215 Å². The molecule has 6 nitrogen and oxygen atoms in total. The van der Waals surface area contributed by atoms with Crippen LogP contribution in [0.15, 0.2) is 58.2 Å². The summed E-state index contributed by atoms with van der Waals surface area (Å²) in [6.07, 6.45) is 2.13. The van der Waals surface area contributed by atoms with Gasteiger partial charge in [0.05, 0.1) is 11.3 Å². The molecule has 0 fully saturated rings. The quantitative estimate of drug-likeness (QED) is 0.359. The lowest BCUT2D eigenvalue weighted by atomic mass is 10.1. The molecule has 0 bridgehead atoms. The maximum atomic E-state index is 13.5. The zero-order valence-electron chi connectivity index (χ0n) is 19.7. The van der Waals surface area contributed by atoms with E-state index in [0.717, 1.165) is 40.5 Å². The maximum Gasteiger partial charge on any atom is 0.271 e. The predicted octanol–water partition coefficient (Wildman–Crippen LogP) is 2.49. The molecule has 4 heterocycles. The third kappa shape index (κ3) is 4.22. The molecule has 2 aliphatic rings. The Bertz CT molecular complexity index is 1630. The third-order valence-corrected chi connectivity index (χ3v) is 9.89. The van der Waals surface area contributed by atoms with Crippen molar-refractivity contribution in [2.75, 3.05) is 11.9 Å².